The van der Waals surface area contributed by atoms with Gasteiger partial charge >= 0.3 is 5.97 Å². The van der Waals surface area contributed by atoms with E-state index < -0.39 is 37.3 Å². The fourth-order valence-electron chi connectivity index (χ4n) is 2.80. The van der Waals surface area contributed by atoms with E-state index in [1.165, 1.54) is 0 Å². The number of aliphatic hydroxyl groups excluding tert-OH is 4. The molecule has 0 amide bonds. The van der Waals surface area contributed by atoms with Gasteiger partial charge in [0.25, 0.3) is 0 Å². The maximum Gasteiger partial charge on any atom is 0.308 e. The number of anilines is 1. The van der Waals surface area contributed by atoms with Crippen LogP contribution < -0.4 is 10.1 Å². The first kappa shape index (κ1) is 23.4. The summed E-state index contributed by atoms with van der Waals surface area (Å²) in [5, 5.41) is 42.5. The number of esters is 1. The summed E-state index contributed by atoms with van der Waals surface area (Å²) >= 11 is 0. The van der Waals surface area contributed by atoms with Crippen molar-refractivity contribution < 1.29 is 39.4 Å². The maximum atomic E-state index is 11.7. The quantitative estimate of drug-likeness (QED) is 0.383. The van der Waals surface area contributed by atoms with E-state index in [9.17, 15) is 25.2 Å². The van der Waals surface area contributed by atoms with Crippen molar-refractivity contribution in [1.82, 2.24) is 0 Å². The first-order chi connectivity index (χ1) is 13.6. The molecule has 1 aromatic carbocycles. The number of rotatable bonds is 8. The van der Waals surface area contributed by atoms with Crippen molar-refractivity contribution in [2.75, 3.05) is 11.9 Å². The molecule has 0 aromatic heterocycles. The molecule has 29 heavy (non-hydrogen) atoms. The van der Waals surface area contributed by atoms with Gasteiger partial charge in [0.2, 0.25) is 6.29 Å². The van der Waals surface area contributed by atoms with Gasteiger partial charge in [0, 0.05) is 6.04 Å². The summed E-state index contributed by atoms with van der Waals surface area (Å²) < 4.78 is 16.4. The molecule has 0 bridgehead atoms. The van der Waals surface area contributed by atoms with Crippen molar-refractivity contribution in [2.45, 2.75) is 71.0 Å². The highest BCUT2D eigenvalue weighted by Gasteiger charge is 2.44. The van der Waals surface area contributed by atoms with Gasteiger partial charge in [0.05, 0.1) is 18.2 Å². The Kier molecular flexibility index (Phi) is 8.23. The van der Waals surface area contributed by atoms with Crippen LogP contribution in [0.5, 0.6) is 5.75 Å². The van der Waals surface area contributed by atoms with Crippen LogP contribution >= 0.6 is 0 Å². The highest BCUT2D eigenvalue weighted by Crippen LogP contribution is 2.31. The first-order valence-corrected chi connectivity index (χ1v) is 9.67. The van der Waals surface area contributed by atoms with Crippen molar-refractivity contribution in [1.29, 1.82) is 0 Å². The molecule has 9 nitrogen and oxygen atoms in total. The third-order valence-electron chi connectivity index (χ3n) is 4.43. The van der Waals surface area contributed by atoms with Crippen molar-refractivity contribution in [3.63, 3.8) is 0 Å². The van der Waals surface area contributed by atoms with E-state index in [1.54, 1.807) is 32.0 Å². The van der Waals surface area contributed by atoms with Crippen LogP contribution in [0.25, 0.3) is 0 Å². The van der Waals surface area contributed by atoms with Crippen molar-refractivity contribution in [2.24, 2.45) is 5.92 Å². The number of aliphatic hydroxyl groups is 4. The van der Waals surface area contributed by atoms with Crippen LogP contribution in [0.3, 0.4) is 0 Å². The Morgan fingerprint density at radius 1 is 1.14 bits per heavy atom. The lowest BCUT2D eigenvalue weighted by Crippen LogP contribution is -2.60. The van der Waals surface area contributed by atoms with Crippen LogP contribution in [0.1, 0.15) is 33.3 Å². The van der Waals surface area contributed by atoms with Crippen LogP contribution in [-0.2, 0) is 20.9 Å². The van der Waals surface area contributed by atoms with Gasteiger partial charge in [-0.1, -0.05) is 19.9 Å². The monoisotopic (exact) mass is 413 g/mol. The van der Waals surface area contributed by atoms with Gasteiger partial charge in [-0.25, -0.2) is 0 Å². The minimum Gasteiger partial charge on any atom is -0.461 e. The normalized spacial score (nSPS) is 27.2. The molecule has 0 radical (unpaired) electrons. The zero-order valence-corrected chi connectivity index (χ0v) is 17.1. The molecule has 0 spiro atoms. The third kappa shape index (κ3) is 6.03. The van der Waals surface area contributed by atoms with Crippen molar-refractivity contribution in [3.05, 3.63) is 23.8 Å². The summed E-state index contributed by atoms with van der Waals surface area (Å²) in [4.78, 5) is 11.7. The second-order valence-electron chi connectivity index (χ2n) is 7.71. The number of hydrogen-bond acceptors (Lipinski definition) is 9. The van der Waals surface area contributed by atoms with Gasteiger partial charge in [-0.2, -0.15) is 0 Å². The number of nitrogens with one attached hydrogen (secondary N) is 1. The van der Waals surface area contributed by atoms with Crippen LogP contribution in [0.4, 0.5) is 5.69 Å². The predicted octanol–water partition coefficient (Wildman–Crippen LogP) is 0.385. The molecular weight excluding hydrogens is 382 g/mol. The molecule has 9 heteroatoms. The average Bonchev–Trinajstić information content (AvgIpc) is 2.67. The molecule has 0 unspecified atom stereocenters. The van der Waals surface area contributed by atoms with Gasteiger partial charge in [0.1, 0.15) is 36.8 Å². The molecule has 0 aliphatic carbocycles. The maximum absolute atomic E-state index is 11.7. The molecule has 1 aliphatic rings. The number of hydrogen-bond donors (Lipinski definition) is 5. The smallest absolute Gasteiger partial charge is 0.308 e. The predicted molar refractivity (Wildman–Crippen MR) is 104 cm³/mol. The fourth-order valence-corrected chi connectivity index (χ4v) is 2.80. The molecule has 2 rings (SSSR count). The van der Waals surface area contributed by atoms with Gasteiger partial charge in [-0.05, 0) is 31.5 Å². The highest BCUT2D eigenvalue weighted by atomic mass is 16.7. The van der Waals surface area contributed by atoms with E-state index in [1.807, 2.05) is 13.8 Å². The van der Waals surface area contributed by atoms with E-state index in [0.717, 1.165) is 5.56 Å². The highest BCUT2D eigenvalue weighted by molar-refractivity contribution is 5.71. The Morgan fingerprint density at radius 3 is 2.41 bits per heavy atom. The minimum absolute atomic E-state index is 0.0561. The van der Waals surface area contributed by atoms with Gasteiger partial charge in [0.15, 0.2) is 0 Å². The molecule has 1 saturated heterocycles. The average molecular weight is 413 g/mol. The lowest BCUT2D eigenvalue weighted by molar-refractivity contribution is -0.277. The number of carbonyl (C=O) groups excluding carboxylic acids is 1. The first-order valence-electron chi connectivity index (χ1n) is 9.67. The zero-order chi connectivity index (χ0) is 21.7. The topological polar surface area (TPSA) is 138 Å². The fraction of sp³-hybridized carbons (Fsp3) is 0.650. The molecular formula is C20H31NO8. The van der Waals surface area contributed by atoms with E-state index in [-0.39, 0.29) is 24.5 Å². The van der Waals surface area contributed by atoms with Gasteiger partial charge in [-0.15, -0.1) is 0 Å². The Bertz CT molecular complexity index is 678. The van der Waals surface area contributed by atoms with Crippen molar-refractivity contribution in [3.8, 4) is 5.75 Å². The third-order valence-corrected chi connectivity index (χ3v) is 4.43. The summed E-state index contributed by atoms with van der Waals surface area (Å²) in [6, 6.07) is 5.15. The summed E-state index contributed by atoms with van der Waals surface area (Å²) in [6.07, 6.45) is -6.84. The second kappa shape index (κ2) is 10.2. The lowest BCUT2D eigenvalue weighted by Gasteiger charge is -2.39. The molecule has 1 heterocycles. The van der Waals surface area contributed by atoms with E-state index in [2.05, 4.69) is 5.32 Å². The summed E-state index contributed by atoms with van der Waals surface area (Å²) in [6.45, 7) is 6.94. The van der Waals surface area contributed by atoms with E-state index in [0.29, 0.717) is 11.4 Å². The van der Waals surface area contributed by atoms with Gasteiger partial charge < -0.3 is 40.0 Å². The SMILES string of the molecule is CC(C)Nc1cc(COC(=O)C(C)C)ccc1O[C@H]1O[C@H](CO)[C@@H](O)[C@H](O)[C@@H]1O. The van der Waals surface area contributed by atoms with Crippen molar-refractivity contribution >= 4 is 11.7 Å². The Morgan fingerprint density at radius 2 is 1.83 bits per heavy atom. The largest absolute Gasteiger partial charge is 0.461 e. The van der Waals surface area contributed by atoms with Gasteiger partial charge in [-0.3, -0.25) is 4.79 Å². The summed E-state index contributed by atoms with van der Waals surface area (Å²) in [7, 11) is 0. The molecule has 0 saturated carbocycles. The summed E-state index contributed by atoms with van der Waals surface area (Å²) in [5.41, 5.74) is 1.32. The van der Waals surface area contributed by atoms with E-state index >= 15 is 0 Å². The molecule has 164 valence electrons. The van der Waals surface area contributed by atoms with E-state index in [4.69, 9.17) is 14.2 Å². The number of benzene rings is 1. The standard InChI is InChI=1S/C20H31NO8/c1-10(2)19(26)27-9-12-5-6-14(13(7-12)21-11(3)4)28-20-18(25)17(24)16(23)15(8-22)29-20/h5-7,10-11,15-18,20-25H,8-9H2,1-4H3/t15-,16-,17+,18+,20+/m1/s1. The molecule has 5 atom stereocenters. The summed E-state index contributed by atoms with van der Waals surface area (Å²) in [5.74, 6) is -0.191. The van der Waals surface area contributed by atoms with Crippen LogP contribution in [-0.4, -0.2) is 69.8 Å². The Balaban J connectivity index is 2.19. The Hall–Kier alpha value is -1.91. The molecule has 1 aromatic rings. The molecule has 5 N–H and O–H groups in total. The zero-order valence-electron chi connectivity index (χ0n) is 17.1. The van der Waals surface area contributed by atoms with Crippen LogP contribution in [0.15, 0.2) is 18.2 Å². The van der Waals surface area contributed by atoms with Crippen LogP contribution in [0.2, 0.25) is 0 Å². The number of carbonyl (C=O) groups is 1. The molecule has 1 aliphatic heterocycles. The number of ether oxygens (including phenoxy) is 3. The molecule has 1 fully saturated rings. The lowest BCUT2D eigenvalue weighted by atomic mass is 9.99. The second-order valence-corrected chi connectivity index (χ2v) is 7.71. The Labute approximate surface area is 170 Å². The van der Waals surface area contributed by atoms with Crippen LogP contribution in [0, 0.1) is 5.92 Å². The minimum atomic E-state index is -1.53.